The molecule has 8 rings (SSSR count). The van der Waals surface area contributed by atoms with Crippen LogP contribution in [0.2, 0.25) is 0 Å². The number of esters is 3. The number of fused-ring (bicyclic) bond motifs is 2. The van der Waals surface area contributed by atoms with Crippen molar-refractivity contribution < 1.29 is 37.4 Å². The lowest BCUT2D eigenvalue weighted by Gasteiger charge is -2.25. The van der Waals surface area contributed by atoms with E-state index in [1.807, 2.05) is 41.2 Å². The average molecular weight is 718 g/mol. The van der Waals surface area contributed by atoms with E-state index in [0.29, 0.717) is 23.0 Å². The summed E-state index contributed by atoms with van der Waals surface area (Å²) in [5, 5.41) is 1.06. The van der Waals surface area contributed by atoms with Gasteiger partial charge in [-0.1, -0.05) is 50.7 Å². The Hall–Kier alpha value is -5.31. The van der Waals surface area contributed by atoms with Gasteiger partial charge in [0.05, 0.1) is 68.7 Å². The lowest BCUT2D eigenvalue weighted by atomic mass is 9.80. The van der Waals surface area contributed by atoms with Crippen molar-refractivity contribution >= 4 is 40.0 Å². The summed E-state index contributed by atoms with van der Waals surface area (Å²) < 4.78 is 27.4. The van der Waals surface area contributed by atoms with E-state index in [-0.39, 0.29) is 18.5 Å². The third-order valence-electron chi connectivity index (χ3n) is 11.2. The minimum atomic E-state index is -0.401. The van der Waals surface area contributed by atoms with Crippen molar-refractivity contribution in [1.29, 1.82) is 0 Å². The molecular weight excluding hydrogens is 670 g/mol. The zero-order valence-electron chi connectivity index (χ0n) is 30.8. The molecule has 0 saturated heterocycles. The molecule has 0 unspecified atom stereocenters. The molecule has 2 aromatic carbocycles. The van der Waals surface area contributed by atoms with Crippen LogP contribution in [0, 0.1) is 5.92 Å². The van der Waals surface area contributed by atoms with Crippen LogP contribution < -0.4 is 0 Å². The molecule has 0 amide bonds. The highest BCUT2D eigenvalue weighted by molar-refractivity contribution is 6.00. The largest absolute Gasteiger partial charge is 0.472 e. The number of ether oxygens (including phenoxy) is 3. The van der Waals surface area contributed by atoms with Crippen molar-refractivity contribution in [2.24, 2.45) is 5.92 Å². The number of hydrogen-bond acceptors (Lipinski definition) is 8. The fraction of sp³-hybridized carbons (Fsp3) is 0.386. The molecular formula is C44H47NO8. The van der Waals surface area contributed by atoms with E-state index in [0.717, 1.165) is 41.4 Å². The van der Waals surface area contributed by atoms with Gasteiger partial charge in [-0.3, -0.25) is 4.79 Å². The number of carbonyl (C=O) groups is 3. The summed E-state index contributed by atoms with van der Waals surface area (Å²) in [6, 6.07) is 15.5. The molecule has 2 saturated carbocycles. The Morgan fingerprint density at radius 1 is 0.698 bits per heavy atom. The van der Waals surface area contributed by atoms with Crippen LogP contribution in [0.5, 0.6) is 0 Å². The maximum atomic E-state index is 12.2. The molecule has 2 fully saturated rings. The minimum absolute atomic E-state index is 0.0604. The summed E-state index contributed by atoms with van der Waals surface area (Å²) >= 11 is 0. The van der Waals surface area contributed by atoms with Crippen LogP contribution >= 0.6 is 0 Å². The smallest absolute Gasteiger partial charge is 0.337 e. The molecule has 0 radical (unpaired) electrons. The van der Waals surface area contributed by atoms with Crippen molar-refractivity contribution in [2.75, 3.05) is 21.3 Å². The molecule has 9 nitrogen and oxygen atoms in total. The van der Waals surface area contributed by atoms with Crippen molar-refractivity contribution in [1.82, 2.24) is 4.57 Å². The molecule has 3 aromatic heterocycles. The lowest BCUT2D eigenvalue weighted by Crippen LogP contribution is -2.13. The van der Waals surface area contributed by atoms with Crippen LogP contribution in [0.3, 0.4) is 0 Å². The van der Waals surface area contributed by atoms with E-state index >= 15 is 0 Å². The highest BCUT2D eigenvalue weighted by Gasteiger charge is 2.31. The van der Waals surface area contributed by atoms with Crippen LogP contribution in [0.15, 0.2) is 82.4 Å². The van der Waals surface area contributed by atoms with Crippen molar-refractivity contribution in [3.05, 3.63) is 107 Å². The van der Waals surface area contributed by atoms with Gasteiger partial charge in [0.15, 0.2) is 0 Å². The highest BCUT2D eigenvalue weighted by atomic mass is 16.5. The quantitative estimate of drug-likeness (QED) is 0.115. The number of methoxy groups -OCH3 is 3. The van der Waals surface area contributed by atoms with Gasteiger partial charge < -0.3 is 27.6 Å². The van der Waals surface area contributed by atoms with Gasteiger partial charge in [0.25, 0.3) is 0 Å². The van der Waals surface area contributed by atoms with Crippen LogP contribution in [0.25, 0.3) is 33.3 Å². The number of hydrogen-bond donors (Lipinski definition) is 0. The van der Waals surface area contributed by atoms with Crippen molar-refractivity contribution in [3.8, 4) is 11.3 Å². The van der Waals surface area contributed by atoms with E-state index in [4.69, 9.17) is 23.0 Å². The fourth-order valence-corrected chi connectivity index (χ4v) is 8.74. The molecule has 3 heterocycles. The van der Waals surface area contributed by atoms with E-state index in [1.54, 1.807) is 30.9 Å². The third kappa shape index (κ3) is 7.34. The van der Waals surface area contributed by atoms with E-state index in [2.05, 4.69) is 6.07 Å². The Kier molecular flexibility index (Phi) is 11.0. The first-order chi connectivity index (χ1) is 25.9. The number of allylic oxidation sites excluding steroid dienone is 2. The number of nitrogens with zero attached hydrogens (tertiary/aromatic N) is 1. The van der Waals surface area contributed by atoms with Gasteiger partial charge in [-0.15, -0.1) is 0 Å². The Balaban J connectivity index is 0.000000167. The van der Waals surface area contributed by atoms with Gasteiger partial charge in [0.1, 0.15) is 6.54 Å². The summed E-state index contributed by atoms with van der Waals surface area (Å²) in [5.74, 6) is 0.00813. The fourth-order valence-electron chi connectivity index (χ4n) is 8.74. The zero-order chi connectivity index (χ0) is 36.9. The van der Waals surface area contributed by atoms with Crippen LogP contribution in [0.4, 0.5) is 0 Å². The molecule has 0 spiro atoms. The Labute approximate surface area is 309 Å². The Bertz CT molecular complexity index is 2110. The molecule has 0 aliphatic heterocycles. The summed E-state index contributed by atoms with van der Waals surface area (Å²) in [4.78, 5) is 36.2. The number of carbonyl (C=O) groups excluding carboxylic acids is 3. The number of benzene rings is 2. The summed E-state index contributed by atoms with van der Waals surface area (Å²) in [7, 11) is 4.18. The highest BCUT2D eigenvalue weighted by Crippen LogP contribution is 2.47. The first-order valence-corrected chi connectivity index (χ1v) is 18.7. The second-order valence-electron chi connectivity index (χ2n) is 14.3. The monoisotopic (exact) mass is 717 g/mol. The summed E-state index contributed by atoms with van der Waals surface area (Å²) in [6.45, 7) is 0.0604. The van der Waals surface area contributed by atoms with Gasteiger partial charge in [-0.05, 0) is 108 Å². The van der Waals surface area contributed by atoms with Gasteiger partial charge in [0, 0.05) is 16.5 Å². The second-order valence-corrected chi connectivity index (χ2v) is 14.3. The molecule has 3 aliphatic carbocycles. The molecule has 3 aliphatic rings. The molecule has 5 aromatic rings. The maximum absolute atomic E-state index is 12.2. The maximum Gasteiger partial charge on any atom is 0.337 e. The van der Waals surface area contributed by atoms with Crippen molar-refractivity contribution in [3.63, 3.8) is 0 Å². The topological polar surface area (TPSA) is 110 Å². The number of rotatable bonds is 8. The lowest BCUT2D eigenvalue weighted by molar-refractivity contribution is -0.141. The van der Waals surface area contributed by atoms with Crippen molar-refractivity contribution in [2.45, 2.75) is 83.1 Å². The van der Waals surface area contributed by atoms with Gasteiger partial charge >= 0.3 is 17.9 Å². The predicted molar refractivity (Wildman–Crippen MR) is 202 cm³/mol. The predicted octanol–water partition coefficient (Wildman–Crippen LogP) is 10.0. The molecule has 9 heteroatoms. The van der Waals surface area contributed by atoms with Crippen LogP contribution in [-0.4, -0.2) is 43.8 Å². The van der Waals surface area contributed by atoms with Crippen LogP contribution in [0.1, 0.15) is 113 Å². The van der Waals surface area contributed by atoms with Gasteiger partial charge in [-0.25, -0.2) is 9.59 Å². The summed E-state index contributed by atoms with van der Waals surface area (Å²) in [5.41, 5.74) is 11.6. The average Bonchev–Trinajstić information content (AvgIpc) is 4.04. The standard InChI is InChI=1S/C23H25NO5.C21H22O3/c1-27-20(25)13-24-19-12-16(23(26)28-2)8-9-18(19)21(15-6-4-3-5-7-15)22(24)17-10-11-29-14-17;1-23-21(22)15-7-8-18-17(11-15)12-19(16-9-10-24-13-16)20(18)14-5-3-2-4-6-14/h8-12,14-15H,3-7,13H2,1-2H3;7-11,13-14H,2-6,12H2,1H3. The van der Waals surface area contributed by atoms with E-state index in [9.17, 15) is 14.4 Å². The minimum Gasteiger partial charge on any atom is -0.472 e. The normalized spacial score (nSPS) is 16.2. The van der Waals surface area contributed by atoms with Gasteiger partial charge in [-0.2, -0.15) is 0 Å². The first-order valence-electron chi connectivity index (χ1n) is 18.7. The molecule has 53 heavy (non-hydrogen) atoms. The zero-order valence-corrected chi connectivity index (χ0v) is 30.8. The van der Waals surface area contributed by atoms with E-state index in [1.165, 1.54) is 106 Å². The third-order valence-corrected chi connectivity index (χ3v) is 11.2. The SMILES string of the molecule is COC(=O)Cn1c(-c2ccoc2)c(C2CCCCC2)c2ccc(C(=O)OC)cc21.COC(=O)c1ccc2c(c1)CC(c1ccoc1)=C2C1CCCCC1. The second kappa shape index (κ2) is 16.1. The summed E-state index contributed by atoms with van der Waals surface area (Å²) in [6.07, 6.45) is 20.1. The van der Waals surface area contributed by atoms with Gasteiger partial charge in [0.2, 0.25) is 0 Å². The van der Waals surface area contributed by atoms with Crippen LogP contribution in [-0.2, 0) is 32.0 Å². The Morgan fingerprint density at radius 3 is 1.91 bits per heavy atom. The first kappa shape index (κ1) is 36.1. The van der Waals surface area contributed by atoms with E-state index < -0.39 is 5.97 Å². The molecule has 0 bridgehead atoms. The Morgan fingerprint density at radius 2 is 1.30 bits per heavy atom. The molecule has 0 N–H and O–H groups in total. The molecule has 276 valence electrons. The number of furan rings is 2. The molecule has 0 atom stereocenters. The number of aromatic nitrogens is 1.